The van der Waals surface area contributed by atoms with E-state index in [-0.39, 0.29) is 23.5 Å². The van der Waals surface area contributed by atoms with Crippen molar-refractivity contribution >= 4 is 10.0 Å². The predicted molar refractivity (Wildman–Crippen MR) is 70.1 cm³/mol. The summed E-state index contributed by atoms with van der Waals surface area (Å²) in [5.74, 6) is 0.239. The predicted octanol–water partition coefficient (Wildman–Crippen LogP) is 0.533. The molecule has 0 bridgehead atoms. The molecule has 0 saturated heterocycles. The topological polar surface area (TPSA) is 82.8 Å². The standard InChI is InChI=1S/C12H20N2O4S/c1-9(14(2)10-3-4-10)7-13-19(16,17)12-6-5-11(8-15)18-12/h5-6,9-10,13,15H,3-4,7-8H2,1-2H3. The monoisotopic (exact) mass is 288 g/mol. The van der Waals surface area contributed by atoms with Crippen molar-refractivity contribution in [1.82, 2.24) is 9.62 Å². The van der Waals surface area contributed by atoms with Crippen LogP contribution in [0.25, 0.3) is 0 Å². The Morgan fingerprint density at radius 1 is 1.53 bits per heavy atom. The van der Waals surface area contributed by atoms with Crippen LogP contribution >= 0.6 is 0 Å². The normalized spacial score (nSPS) is 17.9. The van der Waals surface area contributed by atoms with E-state index in [1.807, 2.05) is 14.0 Å². The molecule has 19 heavy (non-hydrogen) atoms. The van der Waals surface area contributed by atoms with Gasteiger partial charge in [-0.2, -0.15) is 0 Å². The molecule has 1 saturated carbocycles. The maximum Gasteiger partial charge on any atom is 0.274 e. The highest BCUT2D eigenvalue weighted by Crippen LogP contribution is 2.26. The number of nitrogens with one attached hydrogen (secondary N) is 1. The smallest absolute Gasteiger partial charge is 0.274 e. The quantitative estimate of drug-likeness (QED) is 0.765. The summed E-state index contributed by atoms with van der Waals surface area (Å²) in [5.41, 5.74) is 0. The lowest BCUT2D eigenvalue weighted by molar-refractivity contribution is 0.235. The second-order valence-corrected chi connectivity index (χ2v) is 6.67. The molecule has 1 unspecified atom stereocenters. The SMILES string of the molecule is CC(CNS(=O)(=O)c1ccc(CO)o1)N(C)C1CC1. The highest BCUT2D eigenvalue weighted by Gasteiger charge is 2.30. The molecular weight excluding hydrogens is 268 g/mol. The minimum Gasteiger partial charge on any atom is -0.446 e. The van der Waals surface area contributed by atoms with E-state index in [4.69, 9.17) is 9.52 Å². The van der Waals surface area contributed by atoms with E-state index in [9.17, 15) is 8.42 Å². The average molecular weight is 288 g/mol. The number of sulfonamides is 1. The van der Waals surface area contributed by atoms with Gasteiger partial charge in [-0.3, -0.25) is 4.90 Å². The van der Waals surface area contributed by atoms with Crippen molar-refractivity contribution in [2.45, 2.75) is 43.5 Å². The van der Waals surface area contributed by atoms with Crippen LogP contribution in [0.4, 0.5) is 0 Å². The first kappa shape index (κ1) is 14.5. The number of hydrogen-bond donors (Lipinski definition) is 2. The maximum absolute atomic E-state index is 12.0. The van der Waals surface area contributed by atoms with Crippen molar-refractivity contribution in [3.8, 4) is 0 Å². The molecule has 1 atom stereocenters. The molecule has 0 spiro atoms. The summed E-state index contributed by atoms with van der Waals surface area (Å²) in [6.45, 7) is 2.02. The summed E-state index contributed by atoms with van der Waals surface area (Å²) in [5, 5.41) is 8.71. The number of furan rings is 1. The third kappa shape index (κ3) is 3.56. The molecule has 7 heteroatoms. The lowest BCUT2D eigenvalue weighted by Crippen LogP contribution is -2.41. The highest BCUT2D eigenvalue weighted by atomic mass is 32.2. The van der Waals surface area contributed by atoms with Crippen molar-refractivity contribution in [3.05, 3.63) is 17.9 Å². The van der Waals surface area contributed by atoms with E-state index in [0.29, 0.717) is 12.6 Å². The van der Waals surface area contributed by atoms with Crippen molar-refractivity contribution in [3.63, 3.8) is 0 Å². The maximum atomic E-state index is 12.0. The number of aliphatic hydroxyl groups is 1. The molecule has 1 aliphatic rings. The van der Waals surface area contributed by atoms with E-state index >= 15 is 0 Å². The van der Waals surface area contributed by atoms with Crippen LogP contribution in [0.1, 0.15) is 25.5 Å². The largest absolute Gasteiger partial charge is 0.446 e. The van der Waals surface area contributed by atoms with Crippen LogP contribution in [-0.4, -0.2) is 44.1 Å². The van der Waals surface area contributed by atoms with E-state index in [0.717, 1.165) is 0 Å². The summed E-state index contributed by atoms with van der Waals surface area (Å²) >= 11 is 0. The van der Waals surface area contributed by atoms with Crippen LogP contribution < -0.4 is 4.72 Å². The molecule has 0 radical (unpaired) electrons. The summed E-state index contributed by atoms with van der Waals surface area (Å²) in [6, 6.07) is 3.52. The Hall–Kier alpha value is -0.890. The van der Waals surface area contributed by atoms with E-state index in [2.05, 4.69) is 9.62 Å². The van der Waals surface area contributed by atoms with Crippen molar-refractivity contribution in [2.75, 3.05) is 13.6 Å². The van der Waals surface area contributed by atoms with Crippen molar-refractivity contribution < 1.29 is 17.9 Å². The van der Waals surface area contributed by atoms with Crippen LogP contribution in [-0.2, 0) is 16.6 Å². The van der Waals surface area contributed by atoms with Crippen molar-refractivity contribution in [1.29, 1.82) is 0 Å². The Balaban J connectivity index is 1.93. The van der Waals surface area contributed by atoms with Gasteiger partial charge in [0.05, 0.1) is 0 Å². The van der Waals surface area contributed by atoms with Gasteiger partial charge in [-0.1, -0.05) is 0 Å². The summed E-state index contributed by atoms with van der Waals surface area (Å²) in [4.78, 5) is 2.18. The number of aliphatic hydroxyl groups excluding tert-OH is 1. The zero-order chi connectivity index (χ0) is 14.0. The fraction of sp³-hybridized carbons (Fsp3) is 0.667. The van der Waals surface area contributed by atoms with Gasteiger partial charge in [-0.25, -0.2) is 13.1 Å². The summed E-state index contributed by atoms with van der Waals surface area (Å²) in [7, 11) is -1.63. The number of likely N-dealkylation sites (N-methyl/N-ethyl adjacent to an activating group) is 1. The second-order valence-electron chi connectivity index (χ2n) is 4.98. The summed E-state index contributed by atoms with van der Waals surface area (Å²) in [6.07, 6.45) is 2.37. The van der Waals surface area contributed by atoms with Gasteiger partial charge in [0.2, 0.25) is 5.09 Å². The first-order chi connectivity index (χ1) is 8.94. The van der Waals surface area contributed by atoms with Gasteiger partial charge < -0.3 is 9.52 Å². The van der Waals surface area contributed by atoms with Crippen LogP contribution in [0.15, 0.2) is 21.6 Å². The van der Waals surface area contributed by atoms with Gasteiger partial charge in [0, 0.05) is 18.6 Å². The molecule has 0 aliphatic heterocycles. The Labute approximate surface area is 113 Å². The number of hydrogen-bond acceptors (Lipinski definition) is 5. The molecule has 1 heterocycles. The Morgan fingerprint density at radius 2 is 2.21 bits per heavy atom. The summed E-state index contributed by atoms with van der Waals surface area (Å²) < 4.78 is 31.5. The van der Waals surface area contributed by atoms with E-state index in [1.54, 1.807) is 0 Å². The zero-order valence-corrected chi connectivity index (χ0v) is 12.0. The fourth-order valence-corrected chi connectivity index (χ4v) is 2.94. The van der Waals surface area contributed by atoms with E-state index in [1.165, 1.54) is 25.0 Å². The lowest BCUT2D eigenvalue weighted by atomic mass is 10.3. The third-order valence-electron chi connectivity index (χ3n) is 3.44. The van der Waals surface area contributed by atoms with Crippen LogP contribution in [0.5, 0.6) is 0 Å². The Morgan fingerprint density at radius 3 is 2.74 bits per heavy atom. The molecule has 1 aromatic heterocycles. The zero-order valence-electron chi connectivity index (χ0n) is 11.2. The molecule has 0 aromatic carbocycles. The first-order valence-corrected chi connectivity index (χ1v) is 7.83. The molecular formula is C12H20N2O4S. The molecule has 1 aliphatic carbocycles. The van der Waals surface area contributed by atoms with E-state index < -0.39 is 10.0 Å². The second kappa shape index (κ2) is 5.62. The minimum absolute atomic E-state index is 0.134. The number of rotatable bonds is 7. The van der Waals surface area contributed by atoms with Gasteiger partial charge in [0.25, 0.3) is 10.0 Å². The molecule has 6 nitrogen and oxygen atoms in total. The average Bonchev–Trinajstić information content (AvgIpc) is 3.11. The molecule has 0 amide bonds. The minimum atomic E-state index is -3.64. The Bertz CT molecular complexity index is 522. The molecule has 1 fully saturated rings. The molecule has 2 N–H and O–H groups in total. The number of nitrogens with zero attached hydrogens (tertiary/aromatic N) is 1. The molecule has 2 rings (SSSR count). The van der Waals surface area contributed by atoms with Crippen LogP contribution in [0, 0.1) is 0 Å². The van der Waals surface area contributed by atoms with Gasteiger partial charge >= 0.3 is 0 Å². The lowest BCUT2D eigenvalue weighted by Gasteiger charge is -2.24. The fourth-order valence-electron chi connectivity index (χ4n) is 1.87. The highest BCUT2D eigenvalue weighted by molar-refractivity contribution is 7.89. The van der Waals surface area contributed by atoms with Gasteiger partial charge in [0.1, 0.15) is 12.4 Å². The third-order valence-corrected chi connectivity index (χ3v) is 4.74. The Kier molecular flexibility index (Phi) is 4.29. The van der Waals surface area contributed by atoms with Gasteiger partial charge in [-0.15, -0.1) is 0 Å². The van der Waals surface area contributed by atoms with Gasteiger partial charge in [0.15, 0.2) is 0 Å². The van der Waals surface area contributed by atoms with Gasteiger partial charge in [-0.05, 0) is 38.9 Å². The molecule has 108 valence electrons. The van der Waals surface area contributed by atoms with Crippen molar-refractivity contribution in [2.24, 2.45) is 0 Å². The van der Waals surface area contributed by atoms with Crippen LogP contribution in [0.3, 0.4) is 0 Å². The van der Waals surface area contributed by atoms with Crippen LogP contribution in [0.2, 0.25) is 0 Å². The first-order valence-electron chi connectivity index (χ1n) is 6.35. The molecule has 1 aromatic rings.